The van der Waals surface area contributed by atoms with E-state index in [0.29, 0.717) is 28.2 Å². The number of nitrogens with zero attached hydrogens (tertiary/aromatic N) is 3. The van der Waals surface area contributed by atoms with Gasteiger partial charge in [-0.15, -0.1) is 21.5 Å². The van der Waals surface area contributed by atoms with Gasteiger partial charge in [-0.2, -0.15) is 0 Å². The highest BCUT2D eigenvalue weighted by molar-refractivity contribution is 7.99. The molecule has 2 heterocycles. The van der Waals surface area contributed by atoms with Crippen LogP contribution >= 0.6 is 34.7 Å². The Labute approximate surface area is 180 Å². The maximum Gasteiger partial charge on any atom is 0.277 e. The van der Waals surface area contributed by atoms with Crippen molar-refractivity contribution in [3.8, 4) is 0 Å². The highest BCUT2D eigenvalue weighted by atomic mass is 35.5. The fourth-order valence-electron chi connectivity index (χ4n) is 2.69. The Balaban J connectivity index is 1.28. The molecule has 0 aliphatic carbocycles. The van der Waals surface area contributed by atoms with Crippen LogP contribution in [0.1, 0.15) is 16.5 Å². The molecule has 4 rings (SSSR count). The van der Waals surface area contributed by atoms with Crippen molar-refractivity contribution < 1.29 is 9.21 Å². The number of hydrogen-bond donors (Lipinski definition) is 1. The smallest absolute Gasteiger partial charge is 0.277 e. The van der Waals surface area contributed by atoms with Crippen molar-refractivity contribution in [1.82, 2.24) is 15.2 Å². The molecule has 1 N–H and O–H groups in total. The number of anilines is 1. The first kappa shape index (κ1) is 19.9. The molecule has 2 aromatic heterocycles. The van der Waals surface area contributed by atoms with Gasteiger partial charge in [-0.1, -0.05) is 41.6 Å². The topological polar surface area (TPSA) is 80.9 Å². The first-order chi connectivity index (χ1) is 14.1. The molecular formula is C20H17ClN4O2S2. The lowest BCUT2D eigenvalue weighted by atomic mass is 10.2. The van der Waals surface area contributed by atoms with Gasteiger partial charge in [0, 0.05) is 23.6 Å². The van der Waals surface area contributed by atoms with Crippen molar-refractivity contribution in [2.75, 3.05) is 11.1 Å². The average Bonchev–Trinajstić information content (AvgIpc) is 3.34. The van der Waals surface area contributed by atoms with Gasteiger partial charge >= 0.3 is 0 Å². The number of fused-ring (bicyclic) bond motifs is 1. The molecule has 29 heavy (non-hydrogen) atoms. The molecule has 0 radical (unpaired) electrons. The van der Waals surface area contributed by atoms with E-state index in [2.05, 4.69) is 26.6 Å². The van der Waals surface area contributed by atoms with Crippen LogP contribution in [0.25, 0.3) is 10.2 Å². The molecule has 0 spiro atoms. The first-order valence-electron chi connectivity index (χ1n) is 8.93. The summed E-state index contributed by atoms with van der Waals surface area (Å²) in [6.45, 7) is 1.86. The number of benzene rings is 2. The molecular weight excluding hydrogens is 428 g/mol. The van der Waals surface area contributed by atoms with Crippen LogP contribution in [0.3, 0.4) is 0 Å². The van der Waals surface area contributed by atoms with E-state index >= 15 is 0 Å². The molecule has 0 saturated carbocycles. The van der Waals surface area contributed by atoms with Crippen LogP contribution in [0.2, 0.25) is 5.02 Å². The average molecular weight is 445 g/mol. The second kappa shape index (κ2) is 8.94. The van der Waals surface area contributed by atoms with Gasteiger partial charge in [0.05, 0.1) is 21.0 Å². The van der Waals surface area contributed by atoms with Crippen molar-refractivity contribution in [3.05, 3.63) is 63.9 Å². The number of thioether (sulfide) groups is 1. The number of amides is 1. The summed E-state index contributed by atoms with van der Waals surface area (Å²) in [6.07, 6.45) is 1.35. The van der Waals surface area contributed by atoms with Crippen LogP contribution in [0.5, 0.6) is 0 Å². The monoisotopic (exact) mass is 444 g/mol. The summed E-state index contributed by atoms with van der Waals surface area (Å²) in [7, 11) is 0. The molecule has 4 aromatic rings. The van der Waals surface area contributed by atoms with Crippen molar-refractivity contribution in [2.45, 2.75) is 25.0 Å². The van der Waals surface area contributed by atoms with Crippen molar-refractivity contribution in [2.24, 2.45) is 0 Å². The van der Waals surface area contributed by atoms with Crippen LogP contribution < -0.4 is 5.32 Å². The minimum absolute atomic E-state index is 0.158. The van der Waals surface area contributed by atoms with Gasteiger partial charge in [0.2, 0.25) is 11.8 Å². The molecule has 0 aliphatic heterocycles. The van der Waals surface area contributed by atoms with Gasteiger partial charge < -0.3 is 9.73 Å². The second-order valence-electron chi connectivity index (χ2n) is 6.29. The van der Waals surface area contributed by atoms with Gasteiger partial charge in [-0.3, -0.25) is 4.79 Å². The van der Waals surface area contributed by atoms with Crippen LogP contribution in [0.4, 0.5) is 5.69 Å². The summed E-state index contributed by atoms with van der Waals surface area (Å²) in [4.78, 5) is 16.8. The Bertz CT molecular complexity index is 1130. The van der Waals surface area contributed by atoms with Crippen LogP contribution in [-0.4, -0.2) is 26.8 Å². The Morgan fingerprint density at radius 1 is 1.17 bits per heavy atom. The van der Waals surface area contributed by atoms with E-state index in [0.717, 1.165) is 22.5 Å². The van der Waals surface area contributed by atoms with Crippen LogP contribution in [-0.2, 0) is 17.6 Å². The van der Waals surface area contributed by atoms with Gasteiger partial charge in [-0.25, -0.2) is 4.98 Å². The standard InChI is InChI=1S/C20H17ClN4O2S2/c1-12-13(21)5-4-7-14(12)22-17(26)11-28-20-25-24-18(27-20)9-10-19-23-15-6-2-3-8-16(15)29-19/h2-8H,9-11H2,1H3,(H,22,26). The Morgan fingerprint density at radius 3 is 2.90 bits per heavy atom. The highest BCUT2D eigenvalue weighted by Crippen LogP contribution is 2.25. The molecule has 6 nitrogen and oxygen atoms in total. The molecule has 1 amide bonds. The summed E-state index contributed by atoms with van der Waals surface area (Å²) in [5, 5.41) is 12.9. The van der Waals surface area contributed by atoms with Gasteiger partial charge in [0.15, 0.2) is 0 Å². The number of aryl methyl sites for hydroxylation is 2. The lowest BCUT2D eigenvalue weighted by Gasteiger charge is -2.08. The van der Waals surface area contributed by atoms with Gasteiger partial charge in [0.25, 0.3) is 5.22 Å². The second-order valence-corrected chi connectivity index (χ2v) is 8.74. The Kier molecular flexibility index (Phi) is 6.13. The van der Waals surface area contributed by atoms with E-state index in [-0.39, 0.29) is 11.7 Å². The van der Waals surface area contributed by atoms with Crippen molar-refractivity contribution in [3.63, 3.8) is 0 Å². The van der Waals surface area contributed by atoms with E-state index in [1.165, 1.54) is 16.5 Å². The number of carbonyl (C=O) groups is 1. The maximum absolute atomic E-state index is 12.2. The fraction of sp³-hybridized carbons (Fsp3) is 0.200. The third kappa shape index (κ3) is 4.95. The number of aromatic nitrogens is 3. The molecule has 0 fully saturated rings. The summed E-state index contributed by atoms with van der Waals surface area (Å²) >= 11 is 8.95. The number of halogens is 1. The van der Waals surface area contributed by atoms with E-state index in [1.54, 1.807) is 23.5 Å². The Morgan fingerprint density at radius 2 is 2.03 bits per heavy atom. The fourth-order valence-corrected chi connectivity index (χ4v) is 4.42. The first-order valence-corrected chi connectivity index (χ1v) is 11.1. The van der Waals surface area contributed by atoms with Gasteiger partial charge in [-0.05, 0) is 36.8 Å². The maximum atomic E-state index is 12.2. The van der Waals surface area contributed by atoms with Crippen molar-refractivity contribution in [1.29, 1.82) is 0 Å². The van der Waals surface area contributed by atoms with E-state index in [4.69, 9.17) is 16.0 Å². The lowest BCUT2D eigenvalue weighted by Crippen LogP contribution is -2.14. The molecule has 0 atom stereocenters. The normalized spacial score (nSPS) is 11.1. The molecule has 0 bridgehead atoms. The molecule has 0 saturated heterocycles. The number of rotatable bonds is 7. The predicted octanol–water partition coefficient (Wildman–Crippen LogP) is 5.16. The summed E-state index contributed by atoms with van der Waals surface area (Å²) < 4.78 is 6.81. The van der Waals surface area contributed by atoms with Gasteiger partial charge in [0.1, 0.15) is 0 Å². The largest absolute Gasteiger partial charge is 0.416 e. The molecule has 0 aliphatic rings. The Hall–Kier alpha value is -2.42. The van der Waals surface area contributed by atoms with Crippen LogP contribution in [0.15, 0.2) is 52.1 Å². The van der Waals surface area contributed by atoms with E-state index in [9.17, 15) is 4.79 Å². The lowest BCUT2D eigenvalue weighted by molar-refractivity contribution is -0.113. The third-order valence-electron chi connectivity index (χ3n) is 4.21. The summed E-state index contributed by atoms with van der Waals surface area (Å²) in [6, 6.07) is 13.5. The summed E-state index contributed by atoms with van der Waals surface area (Å²) in [5.41, 5.74) is 2.54. The number of hydrogen-bond acceptors (Lipinski definition) is 7. The number of nitrogens with one attached hydrogen (secondary N) is 1. The zero-order chi connectivity index (χ0) is 20.2. The zero-order valence-electron chi connectivity index (χ0n) is 15.5. The number of carbonyl (C=O) groups excluding carboxylic acids is 1. The SMILES string of the molecule is Cc1c(Cl)cccc1NC(=O)CSc1nnc(CCc2nc3ccccc3s2)o1. The predicted molar refractivity (Wildman–Crippen MR) is 117 cm³/mol. The molecule has 0 unspecified atom stereocenters. The van der Waals surface area contributed by atoms with Crippen LogP contribution in [0, 0.1) is 6.92 Å². The van der Waals surface area contributed by atoms with E-state index < -0.39 is 0 Å². The number of thiazole rings is 1. The molecule has 9 heteroatoms. The minimum Gasteiger partial charge on any atom is -0.416 e. The van der Waals surface area contributed by atoms with Crippen molar-refractivity contribution >= 4 is 56.5 Å². The molecule has 148 valence electrons. The minimum atomic E-state index is -0.158. The third-order valence-corrected chi connectivity index (χ3v) is 6.53. The molecule has 2 aromatic carbocycles. The number of para-hydroxylation sites is 1. The summed E-state index contributed by atoms with van der Waals surface area (Å²) in [5.74, 6) is 0.554. The quantitative estimate of drug-likeness (QED) is 0.396. The highest BCUT2D eigenvalue weighted by Gasteiger charge is 2.12. The van der Waals surface area contributed by atoms with E-state index in [1.807, 2.05) is 31.2 Å². The zero-order valence-corrected chi connectivity index (χ0v) is 17.9.